The van der Waals surface area contributed by atoms with E-state index >= 15 is 0 Å². The Morgan fingerprint density at radius 2 is 2.00 bits per heavy atom. The van der Waals surface area contributed by atoms with Gasteiger partial charge in [-0.25, -0.2) is 9.78 Å². The Morgan fingerprint density at radius 3 is 2.70 bits per heavy atom. The number of nitrogens with zero attached hydrogens (tertiary/aromatic N) is 4. The van der Waals surface area contributed by atoms with Crippen LogP contribution in [0.5, 0.6) is 0 Å². The second-order valence-electron chi connectivity index (χ2n) is 8.40. The lowest BCUT2D eigenvalue weighted by molar-refractivity contribution is 0.242. The zero-order valence-electron chi connectivity index (χ0n) is 16.5. The first kappa shape index (κ1) is 18.3. The molecule has 1 saturated heterocycles. The summed E-state index contributed by atoms with van der Waals surface area (Å²) in [6.07, 6.45) is 5.46. The number of nitrogens with one attached hydrogen (secondary N) is 1. The lowest BCUT2D eigenvalue weighted by Gasteiger charge is -2.36. The summed E-state index contributed by atoms with van der Waals surface area (Å²) in [5.74, 6) is 1.53. The van der Waals surface area contributed by atoms with E-state index in [1.165, 1.54) is 19.4 Å². The molecule has 0 radical (unpaired) electrons. The third-order valence-electron chi connectivity index (χ3n) is 5.70. The van der Waals surface area contributed by atoms with Crippen LogP contribution in [-0.2, 0) is 0 Å². The van der Waals surface area contributed by atoms with E-state index in [0.29, 0.717) is 12.5 Å². The molecule has 6 heteroatoms. The first-order valence-corrected chi connectivity index (χ1v) is 10.3. The number of amides is 1. The number of carbonyl (C=O) groups excluding carboxylic acids is 1. The number of hydrogen-bond acceptors (Lipinski definition) is 4. The van der Waals surface area contributed by atoms with Gasteiger partial charge in [-0.3, -0.25) is 9.47 Å². The van der Waals surface area contributed by atoms with Crippen molar-refractivity contribution in [2.45, 2.75) is 33.1 Å². The molecule has 1 N–H and O–H groups in total. The number of fused-ring (bicyclic) bond motifs is 1. The van der Waals surface area contributed by atoms with Crippen molar-refractivity contribution in [3.8, 4) is 0 Å². The number of piperazine rings is 1. The molecule has 0 spiro atoms. The van der Waals surface area contributed by atoms with E-state index < -0.39 is 0 Å². The topological polar surface area (TPSA) is 53.4 Å². The van der Waals surface area contributed by atoms with Gasteiger partial charge in [-0.05, 0) is 43.2 Å². The number of rotatable bonds is 6. The Labute approximate surface area is 161 Å². The minimum Gasteiger partial charge on any atom is -0.367 e. The molecule has 0 unspecified atom stereocenters. The molecule has 1 aliphatic heterocycles. The fourth-order valence-corrected chi connectivity index (χ4v) is 3.83. The monoisotopic (exact) mass is 369 g/mol. The van der Waals surface area contributed by atoms with Gasteiger partial charge < -0.3 is 10.2 Å². The number of para-hydroxylation sites is 1. The summed E-state index contributed by atoms with van der Waals surface area (Å²) in [5, 5.41) is 3.00. The molecule has 2 heterocycles. The summed E-state index contributed by atoms with van der Waals surface area (Å²) in [7, 11) is 0. The van der Waals surface area contributed by atoms with Crippen molar-refractivity contribution in [1.29, 1.82) is 0 Å². The van der Waals surface area contributed by atoms with Crippen molar-refractivity contribution in [1.82, 2.24) is 19.8 Å². The summed E-state index contributed by atoms with van der Waals surface area (Å²) in [4.78, 5) is 22.1. The zero-order valence-corrected chi connectivity index (χ0v) is 16.5. The molecule has 1 saturated carbocycles. The van der Waals surface area contributed by atoms with Gasteiger partial charge in [-0.1, -0.05) is 19.9 Å². The van der Waals surface area contributed by atoms with Crippen LogP contribution in [0.2, 0.25) is 0 Å². The molecule has 27 heavy (non-hydrogen) atoms. The third kappa shape index (κ3) is 4.26. The van der Waals surface area contributed by atoms with E-state index in [0.717, 1.165) is 55.2 Å². The quantitative estimate of drug-likeness (QED) is 0.850. The van der Waals surface area contributed by atoms with Gasteiger partial charge in [0.15, 0.2) is 0 Å². The number of benzene rings is 1. The highest BCUT2D eigenvalue weighted by atomic mass is 16.2. The van der Waals surface area contributed by atoms with Crippen LogP contribution >= 0.6 is 0 Å². The average Bonchev–Trinajstić information content (AvgIpc) is 3.36. The van der Waals surface area contributed by atoms with E-state index in [1.54, 1.807) is 10.9 Å². The fraction of sp³-hybridized carbons (Fsp3) is 0.619. The van der Waals surface area contributed by atoms with E-state index in [-0.39, 0.29) is 6.03 Å². The minimum absolute atomic E-state index is 0.0930. The molecule has 4 rings (SSSR count). The van der Waals surface area contributed by atoms with Gasteiger partial charge in [-0.2, -0.15) is 0 Å². The Morgan fingerprint density at radius 1 is 1.22 bits per heavy atom. The van der Waals surface area contributed by atoms with Crippen LogP contribution in [0, 0.1) is 11.8 Å². The summed E-state index contributed by atoms with van der Waals surface area (Å²) in [6.45, 7) is 10.6. The number of imidazole rings is 1. The van der Waals surface area contributed by atoms with Crippen molar-refractivity contribution in [3.05, 3.63) is 24.5 Å². The maximum Gasteiger partial charge on any atom is 0.327 e. The molecule has 1 amide bonds. The van der Waals surface area contributed by atoms with Crippen molar-refractivity contribution < 1.29 is 4.79 Å². The highest BCUT2D eigenvalue weighted by Gasteiger charge is 2.27. The predicted molar refractivity (Wildman–Crippen MR) is 109 cm³/mol. The maximum absolute atomic E-state index is 12.5. The molecule has 2 aromatic rings. The van der Waals surface area contributed by atoms with Gasteiger partial charge in [0.05, 0.1) is 11.2 Å². The lowest BCUT2D eigenvalue weighted by Crippen LogP contribution is -2.47. The van der Waals surface area contributed by atoms with Crippen molar-refractivity contribution in [2.75, 3.05) is 44.2 Å². The molecule has 1 aromatic carbocycles. The summed E-state index contributed by atoms with van der Waals surface area (Å²) in [6, 6.07) is 6.06. The standard InChI is InChI=1S/C21H31N5O/c1-16(2)8-9-22-21(27)26-15-23-20-18(4-3-5-19(20)26)25-12-10-24(11-13-25)14-17-6-7-17/h3-5,15-17H,6-14H2,1-2H3,(H,22,27). The smallest absolute Gasteiger partial charge is 0.327 e. The SMILES string of the molecule is CC(C)CCNC(=O)n1cnc2c(N3CCN(CC4CC4)CC3)cccc21. The van der Waals surface area contributed by atoms with Crippen LogP contribution in [0.15, 0.2) is 24.5 Å². The van der Waals surface area contributed by atoms with Gasteiger partial charge in [-0.15, -0.1) is 0 Å². The zero-order chi connectivity index (χ0) is 18.8. The molecule has 0 bridgehead atoms. The largest absolute Gasteiger partial charge is 0.367 e. The van der Waals surface area contributed by atoms with Gasteiger partial charge >= 0.3 is 6.03 Å². The van der Waals surface area contributed by atoms with Crippen LogP contribution < -0.4 is 10.2 Å². The number of carbonyl (C=O) groups is 1. The normalized spacial score (nSPS) is 18.4. The highest BCUT2D eigenvalue weighted by Crippen LogP contribution is 2.31. The van der Waals surface area contributed by atoms with E-state index in [4.69, 9.17) is 0 Å². The molecule has 1 aromatic heterocycles. The molecule has 0 atom stereocenters. The fourth-order valence-electron chi connectivity index (χ4n) is 3.83. The molecule has 6 nitrogen and oxygen atoms in total. The van der Waals surface area contributed by atoms with Gasteiger partial charge in [0.1, 0.15) is 11.8 Å². The maximum atomic E-state index is 12.5. The molecule has 2 aliphatic rings. The molecule has 1 aliphatic carbocycles. The number of anilines is 1. The van der Waals surface area contributed by atoms with Crippen LogP contribution in [0.25, 0.3) is 11.0 Å². The Balaban J connectivity index is 1.45. The molecule has 146 valence electrons. The van der Waals surface area contributed by atoms with Crippen molar-refractivity contribution in [2.24, 2.45) is 11.8 Å². The van der Waals surface area contributed by atoms with Gasteiger partial charge in [0, 0.05) is 39.3 Å². The van der Waals surface area contributed by atoms with Gasteiger partial charge in [0.25, 0.3) is 0 Å². The first-order valence-electron chi connectivity index (χ1n) is 10.3. The van der Waals surface area contributed by atoms with Gasteiger partial charge in [0.2, 0.25) is 0 Å². The summed E-state index contributed by atoms with van der Waals surface area (Å²) < 4.78 is 1.64. The third-order valence-corrected chi connectivity index (χ3v) is 5.70. The lowest BCUT2D eigenvalue weighted by atomic mass is 10.1. The minimum atomic E-state index is -0.0930. The average molecular weight is 370 g/mol. The Kier molecular flexibility index (Phi) is 5.34. The van der Waals surface area contributed by atoms with Crippen LogP contribution in [0.1, 0.15) is 33.1 Å². The number of aromatic nitrogens is 2. The molecular weight excluding hydrogens is 338 g/mol. The highest BCUT2D eigenvalue weighted by molar-refractivity contribution is 5.95. The second-order valence-corrected chi connectivity index (χ2v) is 8.40. The second kappa shape index (κ2) is 7.89. The Hall–Kier alpha value is -2.08. The summed E-state index contributed by atoms with van der Waals surface area (Å²) in [5.41, 5.74) is 2.95. The van der Waals surface area contributed by atoms with E-state index in [2.05, 4.69) is 40.0 Å². The predicted octanol–water partition coefficient (Wildman–Crippen LogP) is 3.17. The van der Waals surface area contributed by atoms with Crippen molar-refractivity contribution >= 4 is 22.8 Å². The Bertz CT molecular complexity index is 787. The molecule has 2 fully saturated rings. The van der Waals surface area contributed by atoms with E-state index in [1.807, 2.05) is 12.1 Å². The summed E-state index contributed by atoms with van der Waals surface area (Å²) >= 11 is 0. The van der Waals surface area contributed by atoms with E-state index in [9.17, 15) is 4.79 Å². The first-order chi connectivity index (χ1) is 13.1. The van der Waals surface area contributed by atoms with Crippen LogP contribution in [-0.4, -0.2) is 59.8 Å². The number of hydrogen-bond donors (Lipinski definition) is 1. The van der Waals surface area contributed by atoms with Crippen LogP contribution in [0.4, 0.5) is 10.5 Å². The molecular formula is C21H31N5O. The van der Waals surface area contributed by atoms with Crippen molar-refractivity contribution in [3.63, 3.8) is 0 Å². The van der Waals surface area contributed by atoms with Crippen LogP contribution in [0.3, 0.4) is 0 Å².